The molecule has 7 heteroatoms. The van der Waals surface area contributed by atoms with Crippen LogP contribution in [0.1, 0.15) is 69.0 Å². The zero-order valence-corrected chi connectivity index (χ0v) is 22.2. The number of aryl methyl sites for hydroxylation is 1. The van der Waals surface area contributed by atoms with Gasteiger partial charge in [0.2, 0.25) is 11.8 Å². The van der Waals surface area contributed by atoms with Gasteiger partial charge in [-0.15, -0.1) is 0 Å². The van der Waals surface area contributed by atoms with Crippen LogP contribution >= 0.6 is 0 Å². The Morgan fingerprint density at radius 1 is 1.05 bits per heavy atom. The molecule has 0 bridgehead atoms. The molecule has 3 unspecified atom stereocenters. The van der Waals surface area contributed by atoms with E-state index in [4.69, 9.17) is 0 Å². The average Bonchev–Trinajstić information content (AvgIpc) is 3.57. The first-order chi connectivity index (χ1) is 18.0. The van der Waals surface area contributed by atoms with Crippen molar-refractivity contribution >= 4 is 22.7 Å². The molecule has 1 saturated heterocycles. The quantitative estimate of drug-likeness (QED) is 0.493. The van der Waals surface area contributed by atoms with Gasteiger partial charge in [-0.2, -0.15) is 0 Å². The molecule has 2 fully saturated rings. The predicted molar refractivity (Wildman–Crippen MR) is 147 cm³/mol. The number of carbonyl (C=O) groups is 2. The van der Waals surface area contributed by atoms with Gasteiger partial charge in [-0.25, -0.2) is 4.98 Å². The number of benzene rings is 1. The summed E-state index contributed by atoms with van der Waals surface area (Å²) < 4.78 is 2.14. The van der Waals surface area contributed by atoms with Crippen molar-refractivity contribution in [3.05, 3.63) is 59.9 Å². The van der Waals surface area contributed by atoms with E-state index in [0.29, 0.717) is 6.54 Å². The molecule has 1 saturated carbocycles. The fourth-order valence-electron chi connectivity index (χ4n) is 6.13. The Morgan fingerprint density at radius 2 is 1.84 bits per heavy atom. The summed E-state index contributed by atoms with van der Waals surface area (Å²) in [6.07, 6.45) is 11.3. The molecule has 1 aliphatic carbocycles. The largest absolute Gasteiger partial charge is 0.343 e. The first-order valence-electron chi connectivity index (χ1n) is 13.8. The van der Waals surface area contributed by atoms with Crippen molar-refractivity contribution in [3.63, 3.8) is 0 Å². The van der Waals surface area contributed by atoms with E-state index in [1.54, 1.807) is 7.05 Å². The number of aromatic nitrogens is 2. The molecule has 3 atom stereocenters. The molecule has 2 aliphatic rings. The fraction of sp³-hybridized carbons (Fsp3) is 0.500. The number of amides is 2. The fourth-order valence-corrected chi connectivity index (χ4v) is 6.13. The highest BCUT2D eigenvalue weighted by molar-refractivity contribution is 5.90. The van der Waals surface area contributed by atoms with Crippen LogP contribution in [0.5, 0.6) is 0 Å². The Kier molecular flexibility index (Phi) is 7.60. The van der Waals surface area contributed by atoms with Crippen molar-refractivity contribution < 1.29 is 9.59 Å². The van der Waals surface area contributed by atoms with Crippen molar-refractivity contribution in [1.82, 2.24) is 25.1 Å². The molecule has 3 heterocycles. The molecule has 2 aromatic heterocycles. The highest BCUT2D eigenvalue weighted by Gasteiger charge is 2.39. The Labute approximate surface area is 219 Å². The van der Waals surface area contributed by atoms with Gasteiger partial charge in [0.25, 0.3) is 0 Å². The smallest absolute Gasteiger partial charge is 0.245 e. The maximum Gasteiger partial charge on any atom is 0.245 e. The third-order valence-electron chi connectivity index (χ3n) is 8.36. The van der Waals surface area contributed by atoms with E-state index in [-0.39, 0.29) is 29.8 Å². The van der Waals surface area contributed by atoms with E-state index in [9.17, 15) is 9.59 Å². The second-order valence-corrected chi connectivity index (χ2v) is 10.7. The van der Waals surface area contributed by atoms with Crippen molar-refractivity contribution in [2.75, 3.05) is 13.6 Å². The minimum atomic E-state index is -0.471. The zero-order chi connectivity index (χ0) is 25.9. The lowest BCUT2D eigenvalue weighted by atomic mass is 9.83. The molecule has 0 spiro atoms. The lowest BCUT2D eigenvalue weighted by molar-refractivity contribution is -0.139. The summed E-state index contributed by atoms with van der Waals surface area (Å²) in [5, 5.41) is 7.36. The van der Waals surface area contributed by atoms with Crippen molar-refractivity contribution in [3.8, 4) is 5.82 Å². The van der Waals surface area contributed by atoms with Gasteiger partial charge in [0, 0.05) is 24.3 Å². The van der Waals surface area contributed by atoms with Crippen molar-refractivity contribution in [2.24, 2.45) is 5.92 Å². The van der Waals surface area contributed by atoms with Gasteiger partial charge in [-0.3, -0.25) is 9.59 Å². The Bertz CT molecular complexity index is 1260. The van der Waals surface area contributed by atoms with Crippen LogP contribution in [0.2, 0.25) is 0 Å². The lowest BCUT2D eigenvalue weighted by Crippen LogP contribution is -2.55. The van der Waals surface area contributed by atoms with Crippen LogP contribution in [0.4, 0.5) is 0 Å². The third-order valence-corrected chi connectivity index (χ3v) is 8.36. The monoisotopic (exact) mass is 501 g/mol. The number of nitrogens with zero attached hydrogens (tertiary/aromatic N) is 3. The van der Waals surface area contributed by atoms with Gasteiger partial charge in [-0.1, -0.05) is 37.5 Å². The SMILES string of the molecule is CNC(C)C(=O)NC(C(=O)N1CCCC1c1ccnc(-n2cc(C)c3ccccc32)c1)C1CCCCC1. The van der Waals surface area contributed by atoms with E-state index in [1.165, 1.54) is 17.4 Å². The molecule has 0 radical (unpaired) electrons. The molecule has 1 aliphatic heterocycles. The molecule has 37 heavy (non-hydrogen) atoms. The first-order valence-corrected chi connectivity index (χ1v) is 13.8. The second-order valence-electron chi connectivity index (χ2n) is 10.7. The van der Waals surface area contributed by atoms with Crippen LogP contribution in [-0.4, -0.2) is 51.9 Å². The topological polar surface area (TPSA) is 79.3 Å². The van der Waals surface area contributed by atoms with E-state index >= 15 is 0 Å². The van der Waals surface area contributed by atoms with Crippen LogP contribution in [0.3, 0.4) is 0 Å². The summed E-state index contributed by atoms with van der Waals surface area (Å²) in [6, 6.07) is 11.7. The van der Waals surface area contributed by atoms with Gasteiger partial charge < -0.3 is 20.1 Å². The third kappa shape index (κ3) is 5.14. The Hall–Kier alpha value is -3.19. The second kappa shape index (κ2) is 11.1. The van der Waals surface area contributed by atoms with Crippen LogP contribution in [0.25, 0.3) is 16.7 Å². The van der Waals surface area contributed by atoms with Crippen LogP contribution in [0.15, 0.2) is 48.8 Å². The number of nitrogens with one attached hydrogen (secondary N) is 2. The number of fused-ring (bicyclic) bond motifs is 1. The first kappa shape index (κ1) is 25.5. The van der Waals surface area contributed by atoms with Crippen LogP contribution < -0.4 is 10.6 Å². The maximum atomic E-state index is 14.1. The summed E-state index contributed by atoms with van der Waals surface area (Å²) >= 11 is 0. The normalized spacial score (nSPS) is 20.2. The highest BCUT2D eigenvalue weighted by atomic mass is 16.2. The number of carbonyl (C=O) groups excluding carboxylic acids is 2. The molecular weight excluding hydrogens is 462 g/mol. The Balaban J connectivity index is 1.43. The minimum Gasteiger partial charge on any atom is -0.343 e. The summed E-state index contributed by atoms with van der Waals surface area (Å²) in [6.45, 7) is 4.67. The summed E-state index contributed by atoms with van der Waals surface area (Å²) in [4.78, 5) is 33.6. The van der Waals surface area contributed by atoms with Crippen molar-refractivity contribution in [1.29, 1.82) is 0 Å². The Morgan fingerprint density at radius 3 is 2.62 bits per heavy atom. The van der Waals surface area contributed by atoms with E-state index < -0.39 is 6.04 Å². The number of likely N-dealkylation sites (N-methyl/N-ethyl adjacent to an activating group) is 1. The molecule has 1 aromatic carbocycles. The number of likely N-dealkylation sites (tertiary alicyclic amines) is 1. The maximum absolute atomic E-state index is 14.1. The zero-order valence-electron chi connectivity index (χ0n) is 22.2. The number of pyridine rings is 1. The van der Waals surface area contributed by atoms with Gasteiger partial charge >= 0.3 is 0 Å². The van der Waals surface area contributed by atoms with Crippen molar-refractivity contribution in [2.45, 2.75) is 76.9 Å². The average molecular weight is 502 g/mol. The molecule has 2 amide bonds. The molecule has 7 nitrogen and oxygen atoms in total. The van der Waals surface area contributed by atoms with Gasteiger partial charge in [0.15, 0.2) is 0 Å². The highest BCUT2D eigenvalue weighted by Crippen LogP contribution is 2.36. The van der Waals surface area contributed by atoms with E-state index in [0.717, 1.165) is 55.4 Å². The van der Waals surface area contributed by atoms with Gasteiger partial charge in [-0.05, 0) is 81.8 Å². The van der Waals surface area contributed by atoms with E-state index in [1.807, 2.05) is 30.2 Å². The number of hydrogen-bond donors (Lipinski definition) is 2. The van der Waals surface area contributed by atoms with Crippen LogP contribution in [-0.2, 0) is 9.59 Å². The minimum absolute atomic E-state index is 0.0121. The lowest BCUT2D eigenvalue weighted by Gasteiger charge is -2.35. The molecule has 3 aromatic rings. The van der Waals surface area contributed by atoms with E-state index in [2.05, 4.69) is 57.6 Å². The molecular formula is C30H39N5O2. The predicted octanol–water partition coefficient (Wildman–Crippen LogP) is 4.67. The van der Waals surface area contributed by atoms with Gasteiger partial charge in [0.05, 0.1) is 17.6 Å². The van der Waals surface area contributed by atoms with Gasteiger partial charge in [0.1, 0.15) is 11.9 Å². The molecule has 2 N–H and O–H groups in total. The molecule has 5 rings (SSSR count). The van der Waals surface area contributed by atoms with Crippen LogP contribution in [0, 0.1) is 12.8 Å². The number of hydrogen-bond acceptors (Lipinski definition) is 4. The summed E-state index contributed by atoms with van der Waals surface area (Å²) in [5.74, 6) is 1.01. The summed E-state index contributed by atoms with van der Waals surface area (Å²) in [5.41, 5.74) is 3.44. The summed E-state index contributed by atoms with van der Waals surface area (Å²) in [7, 11) is 1.77. The number of rotatable bonds is 7. The standard InChI is InChI=1S/C30H39N5O2/c1-20-19-35(26-13-8-7-12-24(20)26)27-18-23(15-16-32-27)25-14-9-17-34(25)30(37)28(22-10-5-4-6-11-22)33-29(36)21(2)31-3/h7-8,12-13,15-16,18-19,21-22,25,28,31H,4-6,9-11,14,17H2,1-3H3,(H,33,36). The number of para-hydroxylation sites is 1. The molecule has 196 valence electrons.